The van der Waals surface area contributed by atoms with Gasteiger partial charge in [0.15, 0.2) is 0 Å². The van der Waals surface area contributed by atoms with E-state index in [1.807, 2.05) is 12.1 Å². The first-order valence-electron chi connectivity index (χ1n) is 5.04. The van der Waals surface area contributed by atoms with Crippen LogP contribution < -0.4 is 0 Å². The summed E-state index contributed by atoms with van der Waals surface area (Å²) in [6, 6.07) is 8.32. The van der Waals surface area contributed by atoms with Crippen LogP contribution in [0.4, 0.5) is 0 Å². The Labute approximate surface area is 94.7 Å². The zero-order chi connectivity index (χ0) is 11.1. The van der Waals surface area contributed by atoms with Crippen molar-refractivity contribution in [2.24, 2.45) is 0 Å². The average Bonchev–Trinajstić information content (AvgIpc) is 2.20. The lowest BCUT2D eigenvalue weighted by Gasteiger charge is -2.04. The van der Waals surface area contributed by atoms with Gasteiger partial charge in [-0.15, -0.1) is 0 Å². The molecule has 0 aliphatic heterocycles. The van der Waals surface area contributed by atoms with E-state index in [9.17, 15) is 4.79 Å². The van der Waals surface area contributed by atoms with Crippen molar-refractivity contribution in [3.05, 3.63) is 35.4 Å². The number of hydrogen-bond donors (Lipinski definition) is 1. The summed E-state index contributed by atoms with van der Waals surface area (Å²) in [7, 11) is 0. The van der Waals surface area contributed by atoms with Crippen molar-refractivity contribution >= 4 is 17.7 Å². The van der Waals surface area contributed by atoms with E-state index in [4.69, 9.17) is 5.11 Å². The van der Waals surface area contributed by atoms with Gasteiger partial charge in [0.2, 0.25) is 0 Å². The van der Waals surface area contributed by atoms with E-state index in [1.165, 1.54) is 11.1 Å². The van der Waals surface area contributed by atoms with Gasteiger partial charge in [0, 0.05) is 5.75 Å². The molecule has 0 spiro atoms. The number of carboxylic acid groups (broad SMARTS) is 1. The van der Waals surface area contributed by atoms with Crippen molar-refractivity contribution in [1.29, 1.82) is 0 Å². The van der Waals surface area contributed by atoms with Crippen LogP contribution in [0.5, 0.6) is 0 Å². The van der Waals surface area contributed by atoms with E-state index in [-0.39, 0.29) is 6.42 Å². The van der Waals surface area contributed by atoms with E-state index in [2.05, 4.69) is 19.1 Å². The van der Waals surface area contributed by atoms with E-state index in [1.54, 1.807) is 11.8 Å². The molecular weight excluding hydrogens is 208 g/mol. The second kappa shape index (κ2) is 6.51. The van der Waals surface area contributed by atoms with E-state index in [0.29, 0.717) is 5.75 Å². The molecule has 0 aromatic heterocycles. The van der Waals surface area contributed by atoms with Crippen molar-refractivity contribution in [3.8, 4) is 0 Å². The number of carbonyl (C=O) groups is 1. The molecule has 0 radical (unpaired) electrons. The van der Waals surface area contributed by atoms with Gasteiger partial charge in [0.25, 0.3) is 0 Å². The molecule has 0 aliphatic rings. The molecule has 0 aliphatic carbocycles. The highest BCUT2D eigenvalue weighted by molar-refractivity contribution is 7.99. The third-order valence-corrected chi connectivity index (χ3v) is 3.22. The van der Waals surface area contributed by atoms with Crippen molar-refractivity contribution in [2.75, 3.05) is 11.5 Å². The number of thioether (sulfide) groups is 1. The number of rotatable bonds is 6. The molecule has 0 fully saturated rings. The Hall–Kier alpha value is -0.960. The van der Waals surface area contributed by atoms with Crippen molar-refractivity contribution in [3.63, 3.8) is 0 Å². The number of benzene rings is 1. The second-order valence-electron chi connectivity index (χ2n) is 3.43. The lowest BCUT2D eigenvalue weighted by atomic mass is 10.1. The van der Waals surface area contributed by atoms with Crippen LogP contribution in [0.15, 0.2) is 24.3 Å². The largest absolute Gasteiger partial charge is 0.481 e. The van der Waals surface area contributed by atoms with Gasteiger partial charge in [-0.25, -0.2) is 0 Å². The van der Waals surface area contributed by atoms with Gasteiger partial charge in [-0.2, -0.15) is 11.8 Å². The molecule has 82 valence electrons. The quantitative estimate of drug-likeness (QED) is 0.755. The summed E-state index contributed by atoms with van der Waals surface area (Å²) in [4.78, 5) is 10.3. The first-order valence-corrected chi connectivity index (χ1v) is 6.19. The Morgan fingerprint density at radius 3 is 2.73 bits per heavy atom. The molecule has 3 heteroatoms. The molecule has 2 nitrogen and oxygen atoms in total. The predicted molar refractivity (Wildman–Crippen MR) is 64.5 cm³/mol. The summed E-state index contributed by atoms with van der Waals surface area (Å²) in [5.74, 6) is 0.998. The Kier molecular flexibility index (Phi) is 5.26. The predicted octanol–water partition coefficient (Wildman–Crippen LogP) is 2.75. The SMILES string of the molecule is Cc1ccccc1CCSCCC(=O)O. The molecule has 0 heterocycles. The number of carboxylic acids is 1. The van der Waals surface area contributed by atoms with Crippen LogP contribution in [-0.4, -0.2) is 22.6 Å². The maximum Gasteiger partial charge on any atom is 0.304 e. The fourth-order valence-electron chi connectivity index (χ4n) is 1.33. The zero-order valence-electron chi connectivity index (χ0n) is 8.90. The van der Waals surface area contributed by atoms with Crippen molar-refractivity contribution in [1.82, 2.24) is 0 Å². The average molecular weight is 224 g/mol. The van der Waals surface area contributed by atoms with Gasteiger partial charge in [-0.1, -0.05) is 24.3 Å². The standard InChI is InChI=1S/C12H16O2S/c1-10-4-2-3-5-11(10)6-8-15-9-7-12(13)14/h2-5H,6-9H2,1H3,(H,13,14). The summed E-state index contributed by atoms with van der Waals surface area (Å²) in [6.45, 7) is 2.11. The molecule has 0 bridgehead atoms. The molecule has 1 rings (SSSR count). The number of aliphatic carboxylic acids is 1. The Balaban J connectivity index is 2.21. The summed E-state index contributed by atoms with van der Waals surface area (Å²) < 4.78 is 0. The van der Waals surface area contributed by atoms with Crippen LogP contribution in [0, 0.1) is 6.92 Å². The number of hydrogen-bond acceptors (Lipinski definition) is 2. The highest BCUT2D eigenvalue weighted by atomic mass is 32.2. The highest BCUT2D eigenvalue weighted by Gasteiger charge is 1.99. The molecule has 0 unspecified atom stereocenters. The molecular formula is C12H16O2S. The second-order valence-corrected chi connectivity index (χ2v) is 4.66. The minimum atomic E-state index is -0.710. The van der Waals surface area contributed by atoms with Crippen molar-refractivity contribution < 1.29 is 9.90 Å². The van der Waals surface area contributed by atoms with Gasteiger partial charge < -0.3 is 5.11 Å². The molecule has 0 amide bonds. The minimum Gasteiger partial charge on any atom is -0.481 e. The highest BCUT2D eigenvalue weighted by Crippen LogP contribution is 2.11. The normalized spacial score (nSPS) is 10.2. The van der Waals surface area contributed by atoms with Gasteiger partial charge in [0.1, 0.15) is 0 Å². The molecule has 1 aromatic rings. The third-order valence-electron chi connectivity index (χ3n) is 2.24. The van der Waals surface area contributed by atoms with Gasteiger partial charge in [0.05, 0.1) is 6.42 Å². The lowest BCUT2D eigenvalue weighted by molar-refractivity contribution is -0.136. The van der Waals surface area contributed by atoms with E-state index in [0.717, 1.165) is 12.2 Å². The Morgan fingerprint density at radius 1 is 1.33 bits per heavy atom. The summed E-state index contributed by atoms with van der Waals surface area (Å²) in [5, 5.41) is 8.46. The minimum absolute atomic E-state index is 0.262. The van der Waals surface area contributed by atoms with E-state index < -0.39 is 5.97 Å². The fraction of sp³-hybridized carbons (Fsp3) is 0.417. The van der Waals surface area contributed by atoms with Crippen LogP contribution in [0.25, 0.3) is 0 Å². The smallest absolute Gasteiger partial charge is 0.304 e. The topological polar surface area (TPSA) is 37.3 Å². The fourth-order valence-corrected chi connectivity index (χ4v) is 2.22. The Bertz CT molecular complexity index is 323. The van der Waals surface area contributed by atoms with Crippen LogP contribution in [0.3, 0.4) is 0 Å². The zero-order valence-corrected chi connectivity index (χ0v) is 9.72. The maximum absolute atomic E-state index is 10.3. The first-order chi connectivity index (χ1) is 7.20. The molecule has 0 saturated heterocycles. The maximum atomic E-state index is 10.3. The summed E-state index contributed by atoms with van der Waals surface area (Å²) in [5.41, 5.74) is 2.68. The monoisotopic (exact) mass is 224 g/mol. The van der Waals surface area contributed by atoms with Gasteiger partial charge in [-0.05, 0) is 30.2 Å². The number of aryl methyl sites for hydroxylation is 2. The summed E-state index contributed by atoms with van der Waals surface area (Å²) >= 11 is 1.70. The summed E-state index contributed by atoms with van der Waals surface area (Å²) in [6.07, 6.45) is 1.29. The molecule has 1 aromatic carbocycles. The Morgan fingerprint density at radius 2 is 2.07 bits per heavy atom. The lowest BCUT2D eigenvalue weighted by Crippen LogP contribution is -1.98. The molecule has 0 atom stereocenters. The third kappa shape index (κ3) is 4.88. The van der Waals surface area contributed by atoms with E-state index >= 15 is 0 Å². The molecule has 15 heavy (non-hydrogen) atoms. The van der Waals surface area contributed by atoms with Gasteiger partial charge in [-0.3, -0.25) is 4.79 Å². The van der Waals surface area contributed by atoms with Crippen LogP contribution in [0.2, 0.25) is 0 Å². The molecule has 1 N–H and O–H groups in total. The van der Waals surface area contributed by atoms with Crippen LogP contribution in [-0.2, 0) is 11.2 Å². The van der Waals surface area contributed by atoms with Gasteiger partial charge >= 0.3 is 5.97 Å². The van der Waals surface area contributed by atoms with Crippen LogP contribution >= 0.6 is 11.8 Å². The molecule has 0 saturated carbocycles. The van der Waals surface area contributed by atoms with Crippen molar-refractivity contribution in [2.45, 2.75) is 19.8 Å². The first kappa shape index (κ1) is 12.1. The van der Waals surface area contributed by atoms with Crippen LogP contribution in [0.1, 0.15) is 17.5 Å².